The highest BCUT2D eigenvalue weighted by Gasteiger charge is 2.14. The lowest BCUT2D eigenvalue weighted by atomic mass is 10.1. The van der Waals surface area contributed by atoms with E-state index in [-0.39, 0.29) is 11.8 Å². The molecule has 2 rings (SSSR count). The SMILES string of the molecule is CC(=O)N(CCNC(=O)c1cccc(C)c1)c1ccccc1Br. The Balaban J connectivity index is 1.99. The fraction of sp³-hybridized carbons (Fsp3) is 0.222. The van der Waals surface area contributed by atoms with E-state index in [1.165, 1.54) is 6.92 Å². The Bertz CT molecular complexity index is 716. The first-order chi connectivity index (χ1) is 11.0. The van der Waals surface area contributed by atoms with Crippen LogP contribution in [-0.2, 0) is 4.79 Å². The number of hydrogen-bond acceptors (Lipinski definition) is 2. The van der Waals surface area contributed by atoms with Gasteiger partial charge in [-0.3, -0.25) is 9.59 Å². The highest BCUT2D eigenvalue weighted by molar-refractivity contribution is 9.10. The number of carbonyl (C=O) groups excluding carboxylic acids is 2. The predicted molar refractivity (Wildman–Crippen MR) is 95.7 cm³/mol. The number of amides is 2. The minimum absolute atomic E-state index is 0.0679. The smallest absolute Gasteiger partial charge is 0.251 e. The number of rotatable bonds is 5. The quantitative estimate of drug-likeness (QED) is 0.869. The van der Waals surface area contributed by atoms with Gasteiger partial charge in [0.2, 0.25) is 5.91 Å². The lowest BCUT2D eigenvalue weighted by Crippen LogP contribution is -2.37. The summed E-state index contributed by atoms with van der Waals surface area (Å²) in [5, 5.41) is 2.85. The van der Waals surface area contributed by atoms with E-state index in [1.807, 2.05) is 49.4 Å². The number of nitrogens with one attached hydrogen (secondary N) is 1. The number of anilines is 1. The number of hydrogen-bond donors (Lipinski definition) is 1. The first-order valence-electron chi connectivity index (χ1n) is 7.36. The third kappa shape index (κ3) is 4.66. The van der Waals surface area contributed by atoms with Crippen molar-refractivity contribution in [2.24, 2.45) is 0 Å². The summed E-state index contributed by atoms with van der Waals surface area (Å²) in [6, 6.07) is 14.9. The van der Waals surface area contributed by atoms with Crippen LogP contribution in [0.3, 0.4) is 0 Å². The summed E-state index contributed by atoms with van der Waals surface area (Å²) in [5.74, 6) is -0.203. The largest absolute Gasteiger partial charge is 0.350 e. The van der Waals surface area contributed by atoms with E-state index in [1.54, 1.807) is 11.0 Å². The van der Waals surface area contributed by atoms with Crippen molar-refractivity contribution in [1.82, 2.24) is 5.32 Å². The Kier molecular flexibility index (Phi) is 5.93. The maximum atomic E-state index is 12.1. The molecule has 2 aromatic carbocycles. The summed E-state index contributed by atoms with van der Waals surface area (Å²) in [6.45, 7) is 4.26. The van der Waals surface area contributed by atoms with Crippen LogP contribution in [0, 0.1) is 6.92 Å². The topological polar surface area (TPSA) is 49.4 Å². The third-order valence-electron chi connectivity index (χ3n) is 3.42. The van der Waals surface area contributed by atoms with Crippen molar-refractivity contribution in [3.05, 3.63) is 64.1 Å². The van der Waals surface area contributed by atoms with Crippen LogP contribution in [0.15, 0.2) is 53.0 Å². The maximum Gasteiger partial charge on any atom is 0.251 e. The fourth-order valence-corrected chi connectivity index (χ4v) is 2.79. The Morgan fingerprint density at radius 3 is 2.52 bits per heavy atom. The molecule has 0 radical (unpaired) electrons. The van der Waals surface area contributed by atoms with Gasteiger partial charge in [0.1, 0.15) is 0 Å². The molecule has 0 unspecified atom stereocenters. The van der Waals surface area contributed by atoms with E-state index in [0.717, 1.165) is 15.7 Å². The molecule has 1 N–H and O–H groups in total. The van der Waals surface area contributed by atoms with Crippen LogP contribution in [0.5, 0.6) is 0 Å². The molecule has 0 fully saturated rings. The highest BCUT2D eigenvalue weighted by Crippen LogP contribution is 2.25. The number of aryl methyl sites for hydroxylation is 1. The van der Waals surface area contributed by atoms with Gasteiger partial charge in [-0.2, -0.15) is 0 Å². The molecule has 4 nitrogen and oxygen atoms in total. The van der Waals surface area contributed by atoms with E-state index < -0.39 is 0 Å². The first-order valence-corrected chi connectivity index (χ1v) is 8.16. The molecule has 5 heteroatoms. The van der Waals surface area contributed by atoms with E-state index in [4.69, 9.17) is 0 Å². The third-order valence-corrected chi connectivity index (χ3v) is 4.10. The van der Waals surface area contributed by atoms with Gasteiger partial charge in [-0.25, -0.2) is 0 Å². The summed E-state index contributed by atoms with van der Waals surface area (Å²) in [6.07, 6.45) is 0. The molecule has 0 saturated heterocycles. The zero-order chi connectivity index (χ0) is 16.8. The van der Waals surface area contributed by atoms with Crippen LogP contribution in [0.25, 0.3) is 0 Å². The van der Waals surface area contributed by atoms with Crippen molar-refractivity contribution in [3.8, 4) is 0 Å². The summed E-state index contributed by atoms with van der Waals surface area (Å²) >= 11 is 3.45. The van der Waals surface area contributed by atoms with E-state index in [9.17, 15) is 9.59 Å². The molecule has 0 aromatic heterocycles. The van der Waals surface area contributed by atoms with Crippen LogP contribution in [0.4, 0.5) is 5.69 Å². The van der Waals surface area contributed by atoms with Crippen LogP contribution in [0.2, 0.25) is 0 Å². The van der Waals surface area contributed by atoms with Gasteiger partial charge in [0, 0.05) is 30.0 Å². The summed E-state index contributed by atoms with van der Waals surface area (Å²) in [5.41, 5.74) is 2.46. The summed E-state index contributed by atoms with van der Waals surface area (Å²) in [7, 11) is 0. The molecule has 0 saturated carbocycles. The molecule has 2 aromatic rings. The average molecular weight is 375 g/mol. The molecule has 0 atom stereocenters. The van der Waals surface area contributed by atoms with Crippen molar-refractivity contribution in [1.29, 1.82) is 0 Å². The normalized spacial score (nSPS) is 10.2. The predicted octanol–water partition coefficient (Wildman–Crippen LogP) is 3.54. The van der Waals surface area contributed by atoms with E-state index in [2.05, 4.69) is 21.2 Å². The molecule has 0 aliphatic rings. The van der Waals surface area contributed by atoms with Crippen LogP contribution in [-0.4, -0.2) is 24.9 Å². The fourth-order valence-electron chi connectivity index (χ4n) is 2.29. The van der Waals surface area contributed by atoms with Crippen LogP contribution < -0.4 is 10.2 Å². The standard InChI is InChI=1S/C18H19BrN2O2/c1-13-6-5-7-15(12-13)18(23)20-10-11-21(14(2)22)17-9-4-3-8-16(17)19/h3-9,12H,10-11H2,1-2H3,(H,20,23). The van der Waals surface area contributed by atoms with E-state index in [0.29, 0.717) is 18.7 Å². The zero-order valence-corrected chi connectivity index (χ0v) is 14.8. The Hall–Kier alpha value is -2.14. The molecular formula is C18H19BrN2O2. The maximum absolute atomic E-state index is 12.1. The average Bonchev–Trinajstić information content (AvgIpc) is 2.52. The van der Waals surface area contributed by atoms with Gasteiger partial charge in [0.15, 0.2) is 0 Å². The van der Waals surface area contributed by atoms with Crippen molar-refractivity contribution >= 4 is 33.4 Å². The van der Waals surface area contributed by atoms with Crippen molar-refractivity contribution in [2.75, 3.05) is 18.0 Å². The lowest BCUT2D eigenvalue weighted by molar-refractivity contribution is -0.116. The van der Waals surface area contributed by atoms with Crippen molar-refractivity contribution in [2.45, 2.75) is 13.8 Å². The van der Waals surface area contributed by atoms with Crippen LogP contribution in [0.1, 0.15) is 22.8 Å². The monoisotopic (exact) mass is 374 g/mol. The Morgan fingerprint density at radius 1 is 1.13 bits per heavy atom. The van der Waals surface area contributed by atoms with Gasteiger partial charge in [-0.05, 0) is 47.1 Å². The van der Waals surface area contributed by atoms with Crippen LogP contribution >= 0.6 is 15.9 Å². The van der Waals surface area contributed by atoms with Gasteiger partial charge < -0.3 is 10.2 Å². The minimum Gasteiger partial charge on any atom is -0.350 e. The second-order valence-electron chi connectivity index (χ2n) is 5.25. The molecule has 0 spiro atoms. The summed E-state index contributed by atoms with van der Waals surface area (Å²) in [4.78, 5) is 25.6. The number of halogens is 1. The molecule has 0 aliphatic carbocycles. The van der Waals surface area contributed by atoms with Gasteiger partial charge in [-0.1, -0.05) is 29.8 Å². The molecule has 23 heavy (non-hydrogen) atoms. The number of nitrogens with zero attached hydrogens (tertiary/aromatic N) is 1. The molecular weight excluding hydrogens is 356 g/mol. The molecule has 120 valence electrons. The zero-order valence-electron chi connectivity index (χ0n) is 13.2. The molecule has 2 amide bonds. The van der Waals surface area contributed by atoms with Gasteiger partial charge in [0.05, 0.1) is 5.69 Å². The molecule has 0 aliphatic heterocycles. The van der Waals surface area contributed by atoms with Crippen molar-refractivity contribution < 1.29 is 9.59 Å². The molecule has 0 heterocycles. The minimum atomic E-state index is -0.135. The second-order valence-corrected chi connectivity index (χ2v) is 6.10. The number of benzene rings is 2. The van der Waals surface area contributed by atoms with Gasteiger partial charge in [0.25, 0.3) is 5.91 Å². The van der Waals surface area contributed by atoms with Gasteiger partial charge >= 0.3 is 0 Å². The van der Waals surface area contributed by atoms with E-state index >= 15 is 0 Å². The Morgan fingerprint density at radius 2 is 1.87 bits per heavy atom. The first kappa shape index (κ1) is 17.2. The number of carbonyl (C=O) groups is 2. The van der Waals surface area contributed by atoms with Gasteiger partial charge in [-0.15, -0.1) is 0 Å². The highest BCUT2D eigenvalue weighted by atomic mass is 79.9. The van der Waals surface area contributed by atoms with Crippen molar-refractivity contribution in [3.63, 3.8) is 0 Å². The number of para-hydroxylation sites is 1. The lowest BCUT2D eigenvalue weighted by Gasteiger charge is -2.22. The summed E-state index contributed by atoms with van der Waals surface area (Å²) < 4.78 is 0.847. The Labute approximate surface area is 144 Å². The second kappa shape index (κ2) is 7.92. The molecule has 0 bridgehead atoms.